The summed E-state index contributed by atoms with van der Waals surface area (Å²) in [5.41, 5.74) is 0.871. The number of amides is 2. The molecule has 0 aromatic heterocycles. The fourth-order valence-electron chi connectivity index (χ4n) is 2.72. The first-order chi connectivity index (χ1) is 11.2. The normalized spacial score (nSPS) is 20.0. The number of nitrogens with one attached hydrogen (secondary N) is 2. The molecule has 23 heavy (non-hydrogen) atoms. The number of carbonyl (C=O) groups excluding carboxylic acids is 1. The minimum absolute atomic E-state index is 0.193. The zero-order chi connectivity index (χ0) is 16.1. The van der Waals surface area contributed by atoms with Gasteiger partial charge in [0.2, 0.25) is 0 Å². The van der Waals surface area contributed by atoms with Crippen LogP contribution in [0.15, 0.2) is 12.1 Å². The van der Waals surface area contributed by atoms with Crippen LogP contribution in [0.4, 0.5) is 4.79 Å². The summed E-state index contributed by atoms with van der Waals surface area (Å²) in [6, 6.07) is 3.43. The summed E-state index contributed by atoms with van der Waals surface area (Å²) in [6.45, 7) is 3.56. The molecule has 2 heterocycles. The minimum atomic E-state index is -0.193. The number of hydrogen-bond acceptors (Lipinski definition) is 4. The van der Waals surface area contributed by atoms with E-state index >= 15 is 0 Å². The summed E-state index contributed by atoms with van der Waals surface area (Å²) in [5.74, 6) is 1.60. The standard InChI is InChI=1S/C16H21ClN2O4/c17-13-6-12(7-14-15(13)23-5-4-22-14)9-19-16(20)18-8-11-2-1-3-21-10-11/h6-7,11H,1-5,8-10H2,(H2,18,19,20)/t11-/m1/s1. The number of hydrogen-bond donors (Lipinski definition) is 2. The summed E-state index contributed by atoms with van der Waals surface area (Å²) in [4.78, 5) is 11.9. The lowest BCUT2D eigenvalue weighted by molar-refractivity contribution is 0.0557. The molecule has 1 atom stereocenters. The zero-order valence-corrected chi connectivity index (χ0v) is 13.7. The van der Waals surface area contributed by atoms with Gasteiger partial charge in [-0.25, -0.2) is 4.79 Å². The van der Waals surface area contributed by atoms with Gasteiger partial charge < -0.3 is 24.8 Å². The number of rotatable bonds is 4. The fourth-order valence-corrected chi connectivity index (χ4v) is 3.00. The first kappa shape index (κ1) is 16.2. The highest BCUT2D eigenvalue weighted by Crippen LogP contribution is 2.38. The van der Waals surface area contributed by atoms with Crippen molar-refractivity contribution in [3.8, 4) is 11.5 Å². The Morgan fingerprint density at radius 3 is 2.91 bits per heavy atom. The van der Waals surface area contributed by atoms with Crippen molar-refractivity contribution in [1.29, 1.82) is 0 Å². The van der Waals surface area contributed by atoms with Crippen LogP contribution in [0.3, 0.4) is 0 Å². The monoisotopic (exact) mass is 340 g/mol. The molecule has 1 aromatic rings. The highest BCUT2D eigenvalue weighted by molar-refractivity contribution is 6.32. The minimum Gasteiger partial charge on any atom is -0.486 e. The van der Waals surface area contributed by atoms with Gasteiger partial charge in [0.05, 0.1) is 11.6 Å². The van der Waals surface area contributed by atoms with Crippen molar-refractivity contribution >= 4 is 17.6 Å². The Morgan fingerprint density at radius 2 is 2.09 bits per heavy atom. The van der Waals surface area contributed by atoms with Crippen LogP contribution in [0.25, 0.3) is 0 Å². The molecule has 0 saturated carbocycles. The Hall–Kier alpha value is -1.66. The van der Waals surface area contributed by atoms with Crippen LogP contribution >= 0.6 is 11.6 Å². The summed E-state index contributed by atoms with van der Waals surface area (Å²) in [6.07, 6.45) is 2.15. The topological polar surface area (TPSA) is 68.8 Å². The van der Waals surface area contributed by atoms with Gasteiger partial charge >= 0.3 is 6.03 Å². The van der Waals surface area contributed by atoms with Crippen molar-refractivity contribution < 1.29 is 19.0 Å². The molecule has 0 aliphatic carbocycles. The Morgan fingerprint density at radius 1 is 1.22 bits per heavy atom. The van der Waals surface area contributed by atoms with Crippen molar-refractivity contribution in [2.75, 3.05) is 33.0 Å². The average molecular weight is 341 g/mol. The second-order valence-electron chi connectivity index (χ2n) is 5.75. The van der Waals surface area contributed by atoms with E-state index in [0.717, 1.165) is 31.6 Å². The molecule has 126 valence electrons. The van der Waals surface area contributed by atoms with E-state index in [2.05, 4.69) is 10.6 Å². The van der Waals surface area contributed by atoms with Crippen LogP contribution in [-0.4, -0.2) is 39.0 Å². The van der Waals surface area contributed by atoms with Gasteiger partial charge in [-0.2, -0.15) is 0 Å². The van der Waals surface area contributed by atoms with E-state index < -0.39 is 0 Å². The Kier molecular flexibility index (Phi) is 5.46. The molecule has 1 saturated heterocycles. The van der Waals surface area contributed by atoms with Gasteiger partial charge in [0.1, 0.15) is 13.2 Å². The number of carbonyl (C=O) groups is 1. The molecular weight excluding hydrogens is 320 g/mol. The third kappa shape index (κ3) is 4.42. The number of halogens is 1. The first-order valence-electron chi connectivity index (χ1n) is 7.90. The lowest BCUT2D eigenvalue weighted by Crippen LogP contribution is -2.39. The molecule has 0 unspecified atom stereocenters. The molecular formula is C16H21ClN2O4. The first-order valence-corrected chi connectivity index (χ1v) is 8.27. The third-order valence-electron chi connectivity index (χ3n) is 3.92. The molecule has 0 bridgehead atoms. The maximum absolute atomic E-state index is 11.9. The van der Waals surface area contributed by atoms with Crippen molar-refractivity contribution in [2.24, 2.45) is 5.92 Å². The largest absolute Gasteiger partial charge is 0.486 e. The quantitative estimate of drug-likeness (QED) is 0.882. The second-order valence-corrected chi connectivity index (χ2v) is 6.16. The Labute approximate surface area is 140 Å². The van der Waals surface area contributed by atoms with Gasteiger partial charge in [0.25, 0.3) is 0 Å². The third-order valence-corrected chi connectivity index (χ3v) is 4.20. The molecule has 1 fully saturated rings. The molecule has 2 aliphatic heterocycles. The predicted octanol–water partition coefficient (Wildman–Crippen LogP) is 2.34. The van der Waals surface area contributed by atoms with Gasteiger partial charge in [0, 0.05) is 19.7 Å². The molecule has 2 aliphatic rings. The smallest absolute Gasteiger partial charge is 0.315 e. The number of ether oxygens (including phenoxy) is 3. The van der Waals surface area contributed by atoms with Crippen LogP contribution in [0.2, 0.25) is 5.02 Å². The molecule has 3 rings (SSSR count). The van der Waals surface area contributed by atoms with Gasteiger partial charge in [-0.3, -0.25) is 0 Å². The van der Waals surface area contributed by atoms with E-state index in [1.165, 1.54) is 0 Å². The summed E-state index contributed by atoms with van der Waals surface area (Å²) >= 11 is 6.18. The van der Waals surface area contributed by atoms with Crippen molar-refractivity contribution in [1.82, 2.24) is 10.6 Å². The zero-order valence-electron chi connectivity index (χ0n) is 12.9. The van der Waals surface area contributed by atoms with Crippen LogP contribution in [0, 0.1) is 5.92 Å². The van der Waals surface area contributed by atoms with Crippen LogP contribution in [-0.2, 0) is 11.3 Å². The van der Waals surface area contributed by atoms with Gasteiger partial charge in [-0.05, 0) is 36.5 Å². The van der Waals surface area contributed by atoms with E-state index in [0.29, 0.717) is 48.7 Å². The van der Waals surface area contributed by atoms with Crippen molar-refractivity contribution in [2.45, 2.75) is 19.4 Å². The number of urea groups is 1. The highest BCUT2D eigenvalue weighted by Gasteiger charge is 2.17. The molecule has 0 radical (unpaired) electrons. The maximum Gasteiger partial charge on any atom is 0.315 e. The molecule has 2 amide bonds. The fraction of sp³-hybridized carbons (Fsp3) is 0.562. The Balaban J connectivity index is 1.47. The van der Waals surface area contributed by atoms with Crippen molar-refractivity contribution in [3.05, 3.63) is 22.7 Å². The highest BCUT2D eigenvalue weighted by atomic mass is 35.5. The number of fused-ring (bicyclic) bond motifs is 1. The lowest BCUT2D eigenvalue weighted by atomic mass is 10.0. The van der Waals surface area contributed by atoms with E-state index in [1.807, 2.05) is 6.07 Å². The molecule has 6 nitrogen and oxygen atoms in total. The van der Waals surface area contributed by atoms with E-state index in [-0.39, 0.29) is 6.03 Å². The van der Waals surface area contributed by atoms with E-state index in [9.17, 15) is 4.79 Å². The second kappa shape index (κ2) is 7.75. The molecule has 7 heteroatoms. The van der Waals surface area contributed by atoms with Gasteiger partial charge in [-0.15, -0.1) is 0 Å². The van der Waals surface area contributed by atoms with Gasteiger partial charge in [-0.1, -0.05) is 11.6 Å². The summed E-state index contributed by atoms with van der Waals surface area (Å²) in [7, 11) is 0. The maximum atomic E-state index is 11.9. The lowest BCUT2D eigenvalue weighted by Gasteiger charge is -2.22. The average Bonchev–Trinajstić information content (AvgIpc) is 2.59. The van der Waals surface area contributed by atoms with Crippen molar-refractivity contribution in [3.63, 3.8) is 0 Å². The predicted molar refractivity (Wildman–Crippen MR) is 86.2 cm³/mol. The Bertz CT molecular complexity index is 561. The summed E-state index contributed by atoms with van der Waals surface area (Å²) < 4.78 is 16.4. The van der Waals surface area contributed by atoms with E-state index in [1.54, 1.807) is 6.07 Å². The SMILES string of the molecule is O=C(NCc1cc(Cl)c2c(c1)OCCO2)NC[C@H]1CCCOC1. The number of benzene rings is 1. The molecule has 0 spiro atoms. The van der Waals surface area contributed by atoms with Crippen LogP contribution in [0.5, 0.6) is 11.5 Å². The van der Waals surface area contributed by atoms with E-state index in [4.69, 9.17) is 25.8 Å². The van der Waals surface area contributed by atoms with Crippen LogP contribution < -0.4 is 20.1 Å². The van der Waals surface area contributed by atoms with Crippen LogP contribution in [0.1, 0.15) is 18.4 Å². The molecule has 2 N–H and O–H groups in total. The molecule has 1 aromatic carbocycles. The van der Waals surface area contributed by atoms with Gasteiger partial charge in [0.15, 0.2) is 11.5 Å². The summed E-state index contributed by atoms with van der Waals surface area (Å²) in [5, 5.41) is 6.21.